The molecule has 2 heterocycles. The Balaban J connectivity index is 1.91. The minimum absolute atomic E-state index is 0.0223. The van der Waals surface area contributed by atoms with Crippen molar-refractivity contribution in [2.45, 2.75) is 17.8 Å². The molecule has 0 saturated carbocycles. The SMILES string of the molecule is Cc1cc2c(=O)n(C)c(SCc3ccc(F)cc3)nc2s1. The number of aryl methyl sites for hydroxylation is 1. The van der Waals surface area contributed by atoms with Gasteiger partial charge in [0.1, 0.15) is 10.6 Å². The summed E-state index contributed by atoms with van der Waals surface area (Å²) >= 11 is 3.01. The Hall–Kier alpha value is -1.66. The number of nitrogens with zero attached hydrogens (tertiary/aromatic N) is 2. The first kappa shape index (κ1) is 14.3. The standard InChI is InChI=1S/C15H13FN2OS2/c1-9-7-12-13(21-9)17-15(18(2)14(12)19)20-8-10-3-5-11(16)6-4-10/h3-7H,8H2,1-2H3. The molecule has 0 amide bonds. The van der Waals surface area contributed by atoms with Gasteiger partial charge in [0.25, 0.3) is 5.56 Å². The van der Waals surface area contributed by atoms with E-state index in [1.54, 1.807) is 23.7 Å². The average molecular weight is 320 g/mol. The van der Waals surface area contributed by atoms with Gasteiger partial charge in [0.05, 0.1) is 5.39 Å². The van der Waals surface area contributed by atoms with Crippen LogP contribution in [-0.4, -0.2) is 9.55 Å². The summed E-state index contributed by atoms with van der Waals surface area (Å²) in [6, 6.07) is 8.24. The summed E-state index contributed by atoms with van der Waals surface area (Å²) in [4.78, 5) is 18.7. The van der Waals surface area contributed by atoms with Gasteiger partial charge in [0.2, 0.25) is 0 Å². The molecule has 0 spiro atoms. The van der Waals surface area contributed by atoms with Gasteiger partial charge in [-0.05, 0) is 30.7 Å². The van der Waals surface area contributed by atoms with Crippen LogP contribution in [0.1, 0.15) is 10.4 Å². The van der Waals surface area contributed by atoms with E-state index in [4.69, 9.17) is 0 Å². The van der Waals surface area contributed by atoms with Gasteiger partial charge in [-0.3, -0.25) is 9.36 Å². The van der Waals surface area contributed by atoms with Crippen LogP contribution in [0.25, 0.3) is 10.2 Å². The third-order valence-corrected chi connectivity index (χ3v) is 5.18. The highest BCUT2D eigenvalue weighted by Gasteiger charge is 2.11. The second kappa shape index (κ2) is 5.61. The summed E-state index contributed by atoms with van der Waals surface area (Å²) in [5.41, 5.74) is 0.976. The van der Waals surface area contributed by atoms with Crippen molar-refractivity contribution >= 4 is 33.3 Å². The number of halogens is 1. The van der Waals surface area contributed by atoms with E-state index in [9.17, 15) is 9.18 Å². The van der Waals surface area contributed by atoms with E-state index in [-0.39, 0.29) is 11.4 Å². The quantitative estimate of drug-likeness (QED) is 0.545. The van der Waals surface area contributed by atoms with Crippen LogP contribution in [0.4, 0.5) is 4.39 Å². The Morgan fingerprint density at radius 2 is 2.05 bits per heavy atom. The first-order valence-electron chi connectivity index (χ1n) is 6.39. The van der Waals surface area contributed by atoms with Crippen molar-refractivity contribution in [2.24, 2.45) is 7.05 Å². The topological polar surface area (TPSA) is 34.9 Å². The van der Waals surface area contributed by atoms with Crippen LogP contribution in [-0.2, 0) is 12.8 Å². The molecule has 21 heavy (non-hydrogen) atoms. The Morgan fingerprint density at radius 3 is 2.76 bits per heavy atom. The molecule has 0 N–H and O–H groups in total. The molecule has 0 aliphatic carbocycles. The van der Waals surface area contributed by atoms with Crippen LogP contribution in [0.15, 0.2) is 40.3 Å². The van der Waals surface area contributed by atoms with Crippen molar-refractivity contribution < 1.29 is 4.39 Å². The lowest BCUT2D eigenvalue weighted by Gasteiger charge is -2.06. The number of rotatable bonds is 3. The number of aromatic nitrogens is 2. The zero-order valence-electron chi connectivity index (χ0n) is 11.6. The van der Waals surface area contributed by atoms with Gasteiger partial charge >= 0.3 is 0 Å². The molecule has 0 saturated heterocycles. The summed E-state index contributed by atoms with van der Waals surface area (Å²) in [5, 5.41) is 1.35. The van der Waals surface area contributed by atoms with E-state index in [0.29, 0.717) is 16.3 Å². The molecule has 0 radical (unpaired) electrons. The fraction of sp³-hybridized carbons (Fsp3) is 0.200. The summed E-state index contributed by atoms with van der Waals surface area (Å²) in [7, 11) is 1.73. The van der Waals surface area contributed by atoms with Gasteiger partial charge in [0, 0.05) is 17.7 Å². The third-order valence-electron chi connectivity index (χ3n) is 3.14. The van der Waals surface area contributed by atoms with Crippen molar-refractivity contribution in [3.63, 3.8) is 0 Å². The molecular weight excluding hydrogens is 307 g/mol. The highest BCUT2D eigenvalue weighted by atomic mass is 32.2. The van der Waals surface area contributed by atoms with Gasteiger partial charge in [-0.25, -0.2) is 9.37 Å². The third kappa shape index (κ3) is 2.87. The number of fused-ring (bicyclic) bond motifs is 1. The summed E-state index contributed by atoms with van der Waals surface area (Å²) in [5.74, 6) is 0.404. The number of hydrogen-bond donors (Lipinski definition) is 0. The Labute approximate surface area is 129 Å². The maximum Gasteiger partial charge on any atom is 0.262 e. The summed E-state index contributed by atoms with van der Waals surface area (Å²) < 4.78 is 14.5. The molecule has 0 unspecified atom stereocenters. The van der Waals surface area contributed by atoms with Gasteiger partial charge in [-0.1, -0.05) is 23.9 Å². The minimum atomic E-state index is -0.246. The lowest BCUT2D eigenvalue weighted by molar-refractivity contribution is 0.627. The van der Waals surface area contributed by atoms with Crippen LogP contribution in [0, 0.1) is 12.7 Å². The van der Waals surface area contributed by atoms with Gasteiger partial charge in [-0.2, -0.15) is 0 Å². The minimum Gasteiger partial charge on any atom is -0.290 e. The smallest absolute Gasteiger partial charge is 0.262 e. The molecule has 3 rings (SSSR count). The molecule has 6 heteroatoms. The Bertz CT molecular complexity index is 852. The first-order valence-corrected chi connectivity index (χ1v) is 8.19. The van der Waals surface area contributed by atoms with Crippen molar-refractivity contribution in [3.8, 4) is 0 Å². The molecule has 0 aliphatic rings. The normalized spacial score (nSPS) is 11.2. The van der Waals surface area contributed by atoms with E-state index in [0.717, 1.165) is 15.3 Å². The highest BCUT2D eigenvalue weighted by Crippen LogP contribution is 2.25. The van der Waals surface area contributed by atoms with Crippen LogP contribution in [0.3, 0.4) is 0 Å². The van der Waals surface area contributed by atoms with E-state index in [1.165, 1.54) is 35.2 Å². The predicted octanol–water partition coefficient (Wildman–Crippen LogP) is 3.73. The maximum absolute atomic E-state index is 12.9. The number of thiophene rings is 1. The molecule has 3 aromatic rings. The van der Waals surface area contributed by atoms with Crippen molar-refractivity contribution in [1.29, 1.82) is 0 Å². The van der Waals surface area contributed by atoms with Crippen LogP contribution < -0.4 is 5.56 Å². The fourth-order valence-corrected chi connectivity index (χ4v) is 3.87. The molecular formula is C15H13FN2OS2. The molecule has 0 fully saturated rings. The van der Waals surface area contributed by atoms with E-state index >= 15 is 0 Å². The fourth-order valence-electron chi connectivity index (χ4n) is 2.03. The van der Waals surface area contributed by atoms with E-state index in [2.05, 4.69) is 4.98 Å². The lowest BCUT2D eigenvalue weighted by atomic mass is 10.2. The largest absolute Gasteiger partial charge is 0.290 e. The molecule has 3 nitrogen and oxygen atoms in total. The number of hydrogen-bond acceptors (Lipinski definition) is 4. The molecule has 0 atom stereocenters. The van der Waals surface area contributed by atoms with Crippen LogP contribution in [0.2, 0.25) is 0 Å². The molecule has 2 aromatic heterocycles. The zero-order chi connectivity index (χ0) is 15.0. The number of benzene rings is 1. The maximum atomic E-state index is 12.9. The second-order valence-electron chi connectivity index (χ2n) is 4.75. The zero-order valence-corrected chi connectivity index (χ0v) is 13.2. The lowest BCUT2D eigenvalue weighted by Crippen LogP contribution is -2.19. The first-order chi connectivity index (χ1) is 10.0. The summed E-state index contributed by atoms with van der Waals surface area (Å²) in [6.07, 6.45) is 0. The predicted molar refractivity (Wildman–Crippen MR) is 85.6 cm³/mol. The molecule has 0 aliphatic heterocycles. The van der Waals surface area contributed by atoms with Gasteiger partial charge in [-0.15, -0.1) is 11.3 Å². The second-order valence-corrected chi connectivity index (χ2v) is 6.93. The van der Waals surface area contributed by atoms with Crippen molar-refractivity contribution in [1.82, 2.24) is 9.55 Å². The Kier molecular flexibility index (Phi) is 3.82. The van der Waals surface area contributed by atoms with Crippen molar-refractivity contribution in [2.75, 3.05) is 0 Å². The average Bonchev–Trinajstić information content (AvgIpc) is 2.84. The van der Waals surface area contributed by atoms with E-state index in [1.807, 2.05) is 13.0 Å². The molecule has 0 bridgehead atoms. The Morgan fingerprint density at radius 1 is 1.33 bits per heavy atom. The monoisotopic (exact) mass is 320 g/mol. The van der Waals surface area contributed by atoms with Crippen LogP contribution in [0.5, 0.6) is 0 Å². The van der Waals surface area contributed by atoms with Crippen LogP contribution >= 0.6 is 23.1 Å². The summed E-state index contributed by atoms with van der Waals surface area (Å²) in [6.45, 7) is 1.97. The van der Waals surface area contributed by atoms with Gasteiger partial charge in [0.15, 0.2) is 5.16 Å². The van der Waals surface area contributed by atoms with E-state index < -0.39 is 0 Å². The molecule has 108 valence electrons. The van der Waals surface area contributed by atoms with Crippen molar-refractivity contribution in [3.05, 3.63) is 56.9 Å². The number of thioether (sulfide) groups is 1. The van der Waals surface area contributed by atoms with Gasteiger partial charge < -0.3 is 0 Å². The molecule has 1 aromatic carbocycles. The highest BCUT2D eigenvalue weighted by molar-refractivity contribution is 7.98.